The number of rotatable bonds is 5. The Morgan fingerprint density at radius 3 is 2.28 bits per heavy atom. The second-order valence-electron chi connectivity index (χ2n) is 7.85. The quantitative estimate of drug-likeness (QED) is 0.654. The largest absolute Gasteiger partial charge is 0.497 e. The summed E-state index contributed by atoms with van der Waals surface area (Å²) in [5, 5.41) is 3.34. The lowest BCUT2D eigenvalue weighted by Gasteiger charge is -2.35. The highest BCUT2D eigenvalue weighted by atomic mass is 16.5. The van der Waals surface area contributed by atoms with Crippen LogP contribution in [-0.4, -0.2) is 59.0 Å². The highest BCUT2D eigenvalue weighted by Gasteiger charge is 2.27. The summed E-state index contributed by atoms with van der Waals surface area (Å²) in [4.78, 5) is 35.3. The van der Waals surface area contributed by atoms with E-state index in [1.807, 2.05) is 30.3 Å². The Bertz CT molecular complexity index is 1100. The first-order valence-corrected chi connectivity index (χ1v) is 10.8. The summed E-state index contributed by atoms with van der Waals surface area (Å²) in [6.45, 7) is 3.08. The fourth-order valence-corrected chi connectivity index (χ4v) is 4.11. The molecule has 0 atom stereocenters. The van der Waals surface area contributed by atoms with Crippen LogP contribution < -0.4 is 19.9 Å². The van der Waals surface area contributed by atoms with Gasteiger partial charge in [-0.2, -0.15) is 4.98 Å². The fourth-order valence-electron chi connectivity index (χ4n) is 4.11. The smallest absolute Gasteiger partial charge is 0.227 e. The fraction of sp³-hybridized carbons (Fsp3) is 0.348. The van der Waals surface area contributed by atoms with E-state index in [0.717, 1.165) is 62.1 Å². The topological polar surface area (TPSA) is 96.4 Å². The van der Waals surface area contributed by atoms with Crippen LogP contribution in [0, 0.1) is 0 Å². The van der Waals surface area contributed by atoms with E-state index in [2.05, 4.69) is 25.1 Å². The second kappa shape index (κ2) is 8.78. The van der Waals surface area contributed by atoms with Gasteiger partial charge in [0, 0.05) is 50.7 Å². The molecule has 0 bridgehead atoms. The average molecular weight is 432 g/mol. The number of nitrogens with one attached hydrogen (secondary N) is 1. The van der Waals surface area contributed by atoms with Crippen LogP contribution in [0.2, 0.25) is 0 Å². The van der Waals surface area contributed by atoms with Crippen LogP contribution in [-0.2, 0) is 6.42 Å². The molecule has 1 fully saturated rings. The van der Waals surface area contributed by atoms with Gasteiger partial charge in [-0.3, -0.25) is 4.79 Å². The lowest BCUT2D eigenvalue weighted by atomic mass is 9.95. The number of aromatic nitrogens is 4. The van der Waals surface area contributed by atoms with Crippen molar-refractivity contribution < 1.29 is 9.53 Å². The van der Waals surface area contributed by atoms with E-state index < -0.39 is 0 Å². The Balaban J connectivity index is 1.41. The maximum absolute atomic E-state index is 12.7. The van der Waals surface area contributed by atoms with Gasteiger partial charge >= 0.3 is 0 Å². The van der Waals surface area contributed by atoms with Gasteiger partial charge in [-0.25, -0.2) is 15.0 Å². The van der Waals surface area contributed by atoms with Gasteiger partial charge in [0.2, 0.25) is 11.9 Å². The number of Topliss-reactive ketones (excluding diaryl/α,β-unsaturated/α-hetero) is 1. The van der Waals surface area contributed by atoms with Gasteiger partial charge in [0.25, 0.3) is 0 Å². The Morgan fingerprint density at radius 2 is 1.59 bits per heavy atom. The predicted molar refractivity (Wildman–Crippen MR) is 122 cm³/mol. The minimum atomic E-state index is 0.0971. The van der Waals surface area contributed by atoms with Crippen molar-refractivity contribution in [1.82, 2.24) is 19.9 Å². The molecule has 9 nitrogen and oxygen atoms in total. The Morgan fingerprint density at radius 1 is 0.906 bits per heavy atom. The van der Waals surface area contributed by atoms with Gasteiger partial charge < -0.3 is 19.9 Å². The van der Waals surface area contributed by atoms with Gasteiger partial charge in [0.1, 0.15) is 11.6 Å². The number of aryl methyl sites for hydroxylation is 1. The molecule has 2 aromatic heterocycles. The molecule has 0 amide bonds. The molecule has 3 heterocycles. The van der Waals surface area contributed by atoms with E-state index in [4.69, 9.17) is 14.7 Å². The van der Waals surface area contributed by atoms with Crippen LogP contribution in [0.3, 0.4) is 0 Å². The van der Waals surface area contributed by atoms with Crippen molar-refractivity contribution in [3.05, 3.63) is 54.0 Å². The molecule has 5 rings (SSSR count). The second-order valence-corrected chi connectivity index (χ2v) is 7.85. The van der Waals surface area contributed by atoms with Crippen molar-refractivity contribution in [2.24, 2.45) is 0 Å². The van der Waals surface area contributed by atoms with E-state index in [9.17, 15) is 4.79 Å². The van der Waals surface area contributed by atoms with Crippen LogP contribution >= 0.6 is 0 Å². The molecule has 1 N–H and O–H groups in total. The number of hydrogen-bond donors (Lipinski definition) is 1. The molecule has 1 saturated heterocycles. The highest BCUT2D eigenvalue weighted by molar-refractivity contribution is 6.03. The zero-order chi connectivity index (χ0) is 21.9. The third-order valence-corrected chi connectivity index (χ3v) is 5.82. The van der Waals surface area contributed by atoms with Gasteiger partial charge in [-0.05, 0) is 43.2 Å². The molecular weight excluding hydrogens is 406 g/mol. The molecule has 3 aromatic rings. The number of fused-ring (bicyclic) bond motifs is 1. The summed E-state index contributed by atoms with van der Waals surface area (Å²) in [5.74, 6) is 2.85. The SMILES string of the molecule is COc1ccc(Nc2nc(N3CCN(c4ncccn4)CC3)nc3c2C(=O)CCC3)cc1. The zero-order valence-electron chi connectivity index (χ0n) is 18.0. The number of carbonyl (C=O) groups excluding carboxylic acids is 1. The van der Waals surface area contributed by atoms with Gasteiger partial charge in [-0.15, -0.1) is 0 Å². The molecule has 0 spiro atoms. The van der Waals surface area contributed by atoms with Gasteiger partial charge in [0.05, 0.1) is 18.4 Å². The Kier molecular flexibility index (Phi) is 5.53. The number of piperazine rings is 1. The average Bonchev–Trinajstić information content (AvgIpc) is 2.85. The zero-order valence-corrected chi connectivity index (χ0v) is 18.0. The van der Waals surface area contributed by atoms with Crippen molar-refractivity contribution in [2.45, 2.75) is 19.3 Å². The first-order valence-electron chi connectivity index (χ1n) is 10.8. The van der Waals surface area contributed by atoms with E-state index in [1.165, 1.54) is 0 Å². The molecule has 0 saturated carbocycles. The lowest BCUT2D eigenvalue weighted by Crippen LogP contribution is -2.47. The molecule has 9 heteroatoms. The number of ether oxygens (including phenoxy) is 1. The minimum Gasteiger partial charge on any atom is -0.497 e. The first-order chi connectivity index (χ1) is 15.7. The summed E-state index contributed by atoms with van der Waals surface area (Å²) in [5.41, 5.74) is 2.30. The third kappa shape index (κ3) is 4.05. The number of carbonyl (C=O) groups is 1. The van der Waals surface area contributed by atoms with Gasteiger partial charge in [0.15, 0.2) is 5.78 Å². The van der Waals surface area contributed by atoms with Gasteiger partial charge in [-0.1, -0.05) is 0 Å². The monoisotopic (exact) mass is 431 g/mol. The third-order valence-electron chi connectivity index (χ3n) is 5.82. The Labute approximate surface area is 186 Å². The van der Waals surface area contributed by atoms with E-state index in [0.29, 0.717) is 23.8 Å². The predicted octanol–water partition coefficient (Wildman–Crippen LogP) is 2.86. The first kappa shape index (κ1) is 20.2. The standard InChI is InChI=1S/C23H25N7O2/c1-32-17-8-6-16(7-9-17)26-21-20-18(4-2-5-19(20)31)27-23(28-21)30-14-12-29(13-15-30)22-24-10-3-11-25-22/h3,6-11H,2,4-5,12-15H2,1H3,(H,26,27,28). The minimum absolute atomic E-state index is 0.0971. The van der Waals surface area contributed by atoms with Crippen LogP contribution in [0.4, 0.5) is 23.4 Å². The van der Waals surface area contributed by atoms with Crippen LogP contribution in [0.1, 0.15) is 28.9 Å². The summed E-state index contributed by atoms with van der Waals surface area (Å²) >= 11 is 0. The molecule has 0 unspecified atom stereocenters. The Hall–Kier alpha value is -3.75. The molecule has 1 aliphatic carbocycles. The molecular formula is C23H25N7O2. The van der Waals surface area contributed by atoms with Crippen LogP contribution in [0.5, 0.6) is 5.75 Å². The molecule has 1 aromatic carbocycles. The number of anilines is 4. The summed E-state index contributed by atoms with van der Waals surface area (Å²) in [7, 11) is 1.64. The van der Waals surface area contributed by atoms with Crippen molar-refractivity contribution in [3.63, 3.8) is 0 Å². The summed E-state index contributed by atoms with van der Waals surface area (Å²) in [6, 6.07) is 9.41. The highest BCUT2D eigenvalue weighted by Crippen LogP contribution is 2.30. The molecule has 2 aliphatic rings. The summed E-state index contributed by atoms with van der Waals surface area (Å²) < 4.78 is 5.24. The van der Waals surface area contributed by atoms with E-state index in [1.54, 1.807) is 19.5 Å². The molecule has 1 aliphatic heterocycles. The normalized spacial score (nSPS) is 16.0. The van der Waals surface area contributed by atoms with Crippen LogP contribution in [0.15, 0.2) is 42.7 Å². The number of benzene rings is 1. The maximum Gasteiger partial charge on any atom is 0.227 e. The van der Waals surface area contributed by atoms with E-state index >= 15 is 0 Å². The maximum atomic E-state index is 12.7. The molecule has 164 valence electrons. The van der Waals surface area contributed by atoms with Crippen molar-refractivity contribution >= 4 is 29.2 Å². The van der Waals surface area contributed by atoms with E-state index in [-0.39, 0.29) is 5.78 Å². The number of nitrogens with zero attached hydrogens (tertiary/aromatic N) is 6. The van der Waals surface area contributed by atoms with Crippen molar-refractivity contribution in [2.75, 3.05) is 48.4 Å². The summed E-state index contributed by atoms with van der Waals surface area (Å²) in [6.07, 6.45) is 5.66. The van der Waals surface area contributed by atoms with Crippen molar-refractivity contribution in [3.8, 4) is 5.75 Å². The van der Waals surface area contributed by atoms with Crippen LogP contribution in [0.25, 0.3) is 0 Å². The number of ketones is 1. The number of methoxy groups -OCH3 is 1. The molecule has 0 radical (unpaired) electrons. The number of hydrogen-bond acceptors (Lipinski definition) is 9. The van der Waals surface area contributed by atoms with Crippen molar-refractivity contribution in [1.29, 1.82) is 0 Å². The molecule has 32 heavy (non-hydrogen) atoms. The lowest BCUT2D eigenvalue weighted by molar-refractivity contribution is 0.0972.